The van der Waals surface area contributed by atoms with Gasteiger partial charge in [-0.2, -0.15) is 0 Å². The summed E-state index contributed by atoms with van der Waals surface area (Å²) in [5.41, 5.74) is 2.48. The number of anilines is 2. The Kier molecular flexibility index (Phi) is 5.16. The Hall–Kier alpha value is -2.63. The Morgan fingerprint density at radius 1 is 0.880 bits per heavy atom. The van der Waals surface area contributed by atoms with Crippen LogP contribution in [0.3, 0.4) is 0 Å². The van der Waals surface area contributed by atoms with Crippen molar-refractivity contribution in [3.8, 4) is 0 Å². The summed E-state index contributed by atoms with van der Waals surface area (Å²) < 4.78 is 0. The highest BCUT2D eigenvalue weighted by Crippen LogP contribution is 2.24. The summed E-state index contributed by atoms with van der Waals surface area (Å²) >= 11 is 7.23. The van der Waals surface area contributed by atoms with Gasteiger partial charge in [-0.15, -0.1) is 11.3 Å². The first kappa shape index (κ1) is 17.2. The van der Waals surface area contributed by atoms with E-state index in [0.29, 0.717) is 26.8 Å². The maximum atomic E-state index is 12.4. The molecule has 0 saturated heterocycles. The molecule has 0 fully saturated rings. The van der Waals surface area contributed by atoms with Gasteiger partial charge in [-0.3, -0.25) is 9.59 Å². The van der Waals surface area contributed by atoms with Crippen LogP contribution in [-0.4, -0.2) is 11.8 Å². The molecule has 25 heavy (non-hydrogen) atoms. The van der Waals surface area contributed by atoms with E-state index in [1.54, 1.807) is 48.5 Å². The number of aryl methyl sites for hydroxylation is 1. The number of halogens is 1. The molecule has 126 valence electrons. The molecule has 6 heteroatoms. The SMILES string of the molecule is Cc1ccsc1C(=O)Nc1ccccc1NC(=O)c1ccc(Cl)cc1. The molecule has 1 heterocycles. The first-order valence-corrected chi connectivity index (χ1v) is 8.82. The van der Waals surface area contributed by atoms with Crippen molar-refractivity contribution in [3.05, 3.63) is 81.0 Å². The van der Waals surface area contributed by atoms with E-state index in [1.165, 1.54) is 11.3 Å². The number of carbonyl (C=O) groups is 2. The summed E-state index contributed by atoms with van der Waals surface area (Å²) in [5.74, 6) is -0.466. The predicted octanol–water partition coefficient (Wildman–Crippen LogP) is 5.21. The molecule has 0 spiro atoms. The molecular weight excluding hydrogens is 356 g/mol. The van der Waals surface area contributed by atoms with Crippen LogP contribution in [0.2, 0.25) is 5.02 Å². The minimum Gasteiger partial charge on any atom is -0.320 e. The second-order valence-corrected chi connectivity index (χ2v) is 6.75. The molecule has 0 unspecified atom stereocenters. The fourth-order valence-corrected chi connectivity index (χ4v) is 3.23. The number of para-hydroxylation sites is 2. The van der Waals surface area contributed by atoms with Crippen molar-refractivity contribution in [2.75, 3.05) is 10.6 Å². The number of rotatable bonds is 4. The zero-order chi connectivity index (χ0) is 17.8. The van der Waals surface area contributed by atoms with Crippen LogP contribution in [0, 0.1) is 6.92 Å². The van der Waals surface area contributed by atoms with Gasteiger partial charge in [0.2, 0.25) is 0 Å². The molecule has 3 aromatic rings. The van der Waals surface area contributed by atoms with E-state index in [4.69, 9.17) is 11.6 Å². The highest BCUT2D eigenvalue weighted by atomic mass is 35.5. The van der Waals surface area contributed by atoms with Crippen LogP contribution in [0.5, 0.6) is 0 Å². The first-order chi connectivity index (χ1) is 12.0. The van der Waals surface area contributed by atoms with Crippen LogP contribution in [-0.2, 0) is 0 Å². The van der Waals surface area contributed by atoms with E-state index in [0.717, 1.165) is 5.56 Å². The zero-order valence-corrected chi connectivity index (χ0v) is 14.9. The van der Waals surface area contributed by atoms with Crippen molar-refractivity contribution in [3.63, 3.8) is 0 Å². The topological polar surface area (TPSA) is 58.2 Å². The molecule has 0 aliphatic carbocycles. The fraction of sp³-hybridized carbons (Fsp3) is 0.0526. The highest BCUT2D eigenvalue weighted by molar-refractivity contribution is 7.12. The molecule has 0 aliphatic heterocycles. The van der Waals surface area contributed by atoms with Crippen LogP contribution in [0.25, 0.3) is 0 Å². The maximum absolute atomic E-state index is 12.4. The Balaban J connectivity index is 1.79. The van der Waals surface area contributed by atoms with Gasteiger partial charge >= 0.3 is 0 Å². The van der Waals surface area contributed by atoms with Crippen molar-refractivity contribution >= 4 is 46.1 Å². The van der Waals surface area contributed by atoms with Crippen LogP contribution < -0.4 is 10.6 Å². The molecule has 3 rings (SSSR count). The number of hydrogen-bond acceptors (Lipinski definition) is 3. The second kappa shape index (κ2) is 7.51. The predicted molar refractivity (Wildman–Crippen MR) is 103 cm³/mol. The molecule has 0 radical (unpaired) electrons. The fourth-order valence-electron chi connectivity index (χ4n) is 2.28. The second-order valence-electron chi connectivity index (χ2n) is 5.39. The average molecular weight is 371 g/mol. The molecule has 2 aromatic carbocycles. The van der Waals surface area contributed by atoms with E-state index >= 15 is 0 Å². The molecule has 0 atom stereocenters. The number of hydrogen-bond donors (Lipinski definition) is 2. The summed E-state index contributed by atoms with van der Waals surface area (Å²) in [5, 5.41) is 8.11. The average Bonchev–Trinajstić information content (AvgIpc) is 3.03. The van der Waals surface area contributed by atoms with Gasteiger partial charge in [0.05, 0.1) is 16.3 Å². The van der Waals surface area contributed by atoms with Gasteiger partial charge in [0, 0.05) is 10.6 Å². The van der Waals surface area contributed by atoms with E-state index < -0.39 is 0 Å². The highest BCUT2D eigenvalue weighted by Gasteiger charge is 2.14. The van der Waals surface area contributed by atoms with Gasteiger partial charge in [0.15, 0.2) is 0 Å². The number of carbonyl (C=O) groups excluding carboxylic acids is 2. The third kappa shape index (κ3) is 4.07. The van der Waals surface area contributed by atoms with E-state index in [1.807, 2.05) is 18.4 Å². The summed E-state index contributed by atoms with van der Waals surface area (Å²) in [6.45, 7) is 1.89. The third-order valence-corrected chi connectivity index (χ3v) is 4.87. The lowest BCUT2D eigenvalue weighted by Gasteiger charge is -2.12. The van der Waals surface area contributed by atoms with Crippen molar-refractivity contribution in [2.45, 2.75) is 6.92 Å². The van der Waals surface area contributed by atoms with Gasteiger partial charge in [-0.05, 0) is 60.3 Å². The van der Waals surface area contributed by atoms with Gasteiger partial charge in [0.25, 0.3) is 11.8 Å². The van der Waals surface area contributed by atoms with Crippen molar-refractivity contribution < 1.29 is 9.59 Å². The van der Waals surface area contributed by atoms with Crippen molar-refractivity contribution in [1.29, 1.82) is 0 Å². The Morgan fingerprint density at radius 2 is 1.48 bits per heavy atom. The minimum atomic E-state index is -0.273. The Morgan fingerprint density at radius 3 is 2.04 bits per heavy atom. The molecule has 1 aromatic heterocycles. The monoisotopic (exact) mass is 370 g/mol. The molecule has 4 nitrogen and oxygen atoms in total. The summed E-state index contributed by atoms with van der Waals surface area (Å²) in [6.07, 6.45) is 0. The normalized spacial score (nSPS) is 10.3. The molecule has 2 amide bonds. The molecule has 2 N–H and O–H groups in total. The summed E-state index contributed by atoms with van der Waals surface area (Å²) in [4.78, 5) is 25.4. The van der Waals surface area contributed by atoms with E-state index in [2.05, 4.69) is 10.6 Å². The Labute approximate surface area is 154 Å². The third-order valence-electron chi connectivity index (χ3n) is 3.60. The summed E-state index contributed by atoms with van der Waals surface area (Å²) in [6, 6.07) is 15.6. The van der Waals surface area contributed by atoms with Gasteiger partial charge in [0.1, 0.15) is 0 Å². The van der Waals surface area contributed by atoms with Crippen LogP contribution in [0.15, 0.2) is 60.0 Å². The van der Waals surface area contributed by atoms with E-state index in [-0.39, 0.29) is 11.8 Å². The maximum Gasteiger partial charge on any atom is 0.266 e. The standard InChI is InChI=1S/C19H15ClN2O2S/c1-12-10-11-25-17(12)19(24)22-16-5-3-2-4-15(16)21-18(23)13-6-8-14(20)9-7-13/h2-11H,1H3,(H,21,23)(H,22,24). The van der Waals surface area contributed by atoms with Crippen LogP contribution >= 0.6 is 22.9 Å². The van der Waals surface area contributed by atoms with Crippen molar-refractivity contribution in [2.24, 2.45) is 0 Å². The number of nitrogens with one attached hydrogen (secondary N) is 2. The molecule has 0 aliphatic rings. The smallest absolute Gasteiger partial charge is 0.266 e. The largest absolute Gasteiger partial charge is 0.320 e. The lowest BCUT2D eigenvalue weighted by molar-refractivity contribution is 0.101. The zero-order valence-electron chi connectivity index (χ0n) is 13.4. The number of amides is 2. The Bertz CT molecular complexity index is 919. The molecule has 0 bridgehead atoms. The first-order valence-electron chi connectivity index (χ1n) is 7.56. The van der Waals surface area contributed by atoms with Gasteiger partial charge in [-0.1, -0.05) is 23.7 Å². The molecular formula is C19H15ClN2O2S. The number of thiophene rings is 1. The van der Waals surface area contributed by atoms with E-state index in [9.17, 15) is 9.59 Å². The van der Waals surface area contributed by atoms with Crippen LogP contribution in [0.1, 0.15) is 25.6 Å². The lowest BCUT2D eigenvalue weighted by Crippen LogP contribution is -2.16. The van der Waals surface area contributed by atoms with Crippen LogP contribution in [0.4, 0.5) is 11.4 Å². The van der Waals surface area contributed by atoms with Gasteiger partial charge < -0.3 is 10.6 Å². The van der Waals surface area contributed by atoms with Crippen molar-refractivity contribution in [1.82, 2.24) is 0 Å². The van der Waals surface area contributed by atoms with Gasteiger partial charge in [-0.25, -0.2) is 0 Å². The lowest BCUT2D eigenvalue weighted by atomic mass is 10.2. The minimum absolute atomic E-state index is 0.194. The summed E-state index contributed by atoms with van der Waals surface area (Å²) in [7, 11) is 0. The quantitative estimate of drug-likeness (QED) is 0.661. The number of benzene rings is 2. The molecule has 0 saturated carbocycles.